The Morgan fingerprint density at radius 2 is 1.83 bits per heavy atom. The molecule has 0 bridgehead atoms. The third-order valence-corrected chi connectivity index (χ3v) is 7.09. The molecule has 0 radical (unpaired) electrons. The Balaban J connectivity index is 1.82. The van der Waals surface area contributed by atoms with Crippen molar-refractivity contribution in [3.63, 3.8) is 0 Å². The van der Waals surface area contributed by atoms with Crippen LogP contribution in [0.5, 0.6) is 0 Å². The smallest absolute Gasteiger partial charge is 0.255 e. The van der Waals surface area contributed by atoms with Crippen LogP contribution in [-0.2, 0) is 22.6 Å². The molecule has 0 aliphatic carbocycles. The number of fused-ring (bicyclic) bond motifs is 1. The van der Waals surface area contributed by atoms with Crippen LogP contribution in [0, 0.1) is 16.7 Å². The SMILES string of the molecule is CCC(CC)(CCNC/C=C\C=C/CC#N)CNC(=O)C(O)C(O)C(=O)N1CCc2ccccc2C1. The molecule has 1 aliphatic heterocycles. The van der Waals surface area contributed by atoms with Crippen LogP contribution in [0.3, 0.4) is 0 Å². The molecule has 0 saturated heterocycles. The van der Waals surface area contributed by atoms with Crippen molar-refractivity contribution in [1.82, 2.24) is 15.5 Å². The van der Waals surface area contributed by atoms with E-state index in [1.807, 2.05) is 42.5 Å². The van der Waals surface area contributed by atoms with E-state index in [0.717, 1.165) is 31.4 Å². The van der Waals surface area contributed by atoms with Gasteiger partial charge in [-0.25, -0.2) is 0 Å². The van der Waals surface area contributed by atoms with Gasteiger partial charge >= 0.3 is 0 Å². The maximum atomic E-state index is 12.8. The number of allylic oxidation sites excluding steroid dienone is 3. The third-order valence-electron chi connectivity index (χ3n) is 7.09. The lowest BCUT2D eigenvalue weighted by Crippen LogP contribution is -2.52. The van der Waals surface area contributed by atoms with Crippen LogP contribution in [0.4, 0.5) is 0 Å². The molecule has 4 N–H and O–H groups in total. The van der Waals surface area contributed by atoms with E-state index >= 15 is 0 Å². The van der Waals surface area contributed by atoms with Crippen molar-refractivity contribution in [3.8, 4) is 6.07 Å². The molecule has 2 unspecified atom stereocenters. The standard InChI is InChI=1S/C28H40N4O4/c1-3-28(4-2,15-18-30-17-11-7-5-6-10-16-29)21-31-26(35)24(33)25(34)27(36)32-19-14-22-12-8-9-13-23(22)20-32/h5-9,11-13,24-25,30,33-34H,3-4,10,14-15,17-21H2,1-2H3,(H,31,35)/b6-5-,11-7-. The highest BCUT2D eigenvalue weighted by Crippen LogP contribution is 2.29. The highest BCUT2D eigenvalue weighted by Gasteiger charge is 2.35. The number of hydrogen-bond acceptors (Lipinski definition) is 6. The topological polar surface area (TPSA) is 126 Å². The average molecular weight is 497 g/mol. The molecule has 196 valence electrons. The van der Waals surface area contributed by atoms with E-state index in [0.29, 0.717) is 39.0 Å². The van der Waals surface area contributed by atoms with Crippen LogP contribution >= 0.6 is 0 Å². The minimum atomic E-state index is -1.82. The van der Waals surface area contributed by atoms with Gasteiger partial charge in [-0.3, -0.25) is 9.59 Å². The van der Waals surface area contributed by atoms with Crippen LogP contribution in [0.2, 0.25) is 0 Å². The summed E-state index contributed by atoms with van der Waals surface area (Å²) >= 11 is 0. The van der Waals surface area contributed by atoms with Crippen LogP contribution in [0.25, 0.3) is 0 Å². The number of nitrogens with one attached hydrogen (secondary N) is 2. The summed E-state index contributed by atoms with van der Waals surface area (Å²) in [6, 6.07) is 9.87. The number of aliphatic hydroxyl groups excluding tert-OH is 2. The minimum Gasteiger partial charge on any atom is -0.380 e. The van der Waals surface area contributed by atoms with Gasteiger partial charge in [0, 0.05) is 26.2 Å². The Bertz CT molecular complexity index is 949. The first-order valence-corrected chi connectivity index (χ1v) is 12.8. The molecule has 0 aromatic heterocycles. The lowest BCUT2D eigenvalue weighted by atomic mass is 9.79. The number of amides is 2. The van der Waals surface area contributed by atoms with E-state index in [4.69, 9.17) is 5.26 Å². The number of nitrogens with zero attached hydrogens (tertiary/aromatic N) is 2. The second-order valence-corrected chi connectivity index (χ2v) is 9.27. The summed E-state index contributed by atoms with van der Waals surface area (Å²) < 4.78 is 0. The fourth-order valence-corrected chi connectivity index (χ4v) is 4.36. The quantitative estimate of drug-likeness (QED) is 0.231. The van der Waals surface area contributed by atoms with Crippen LogP contribution in [0.1, 0.15) is 50.7 Å². The van der Waals surface area contributed by atoms with Gasteiger partial charge in [-0.15, -0.1) is 0 Å². The number of aliphatic hydroxyl groups is 2. The fourth-order valence-electron chi connectivity index (χ4n) is 4.36. The Hall–Kier alpha value is -2.99. The van der Waals surface area contributed by atoms with Crippen molar-refractivity contribution in [3.05, 3.63) is 59.7 Å². The molecular weight excluding hydrogens is 456 g/mol. The Morgan fingerprint density at radius 3 is 2.53 bits per heavy atom. The van der Waals surface area contributed by atoms with E-state index < -0.39 is 24.0 Å². The first kappa shape index (κ1) is 29.2. The number of carbonyl (C=O) groups excluding carboxylic acids is 2. The van der Waals surface area contributed by atoms with Gasteiger partial charge in [-0.2, -0.15) is 5.26 Å². The lowest BCUT2D eigenvalue weighted by molar-refractivity contribution is -0.154. The number of hydrogen-bond donors (Lipinski definition) is 4. The molecule has 36 heavy (non-hydrogen) atoms. The van der Waals surface area contributed by atoms with Gasteiger partial charge in [0.1, 0.15) is 0 Å². The highest BCUT2D eigenvalue weighted by atomic mass is 16.3. The Labute approximate surface area is 214 Å². The van der Waals surface area contributed by atoms with E-state index in [1.165, 1.54) is 10.5 Å². The molecule has 8 heteroatoms. The first-order chi connectivity index (χ1) is 17.4. The first-order valence-electron chi connectivity index (χ1n) is 12.8. The normalized spacial score (nSPS) is 15.5. The zero-order chi connectivity index (χ0) is 26.4. The van der Waals surface area contributed by atoms with Gasteiger partial charge in [0.05, 0.1) is 12.5 Å². The third kappa shape index (κ3) is 8.59. The second kappa shape index (κ2) is 15.2. The second-order valence-electron chi connectivity index (χ2n) is 9.27. The molecular formula is C28H40N4O4. The van der Waals surface area contributed by atoms with Crippen LogP contribution in [0.15, 0.2) is 48.6 Å². The summed E-state index contributed by atoms with van der Waals surface area (Å²) in [5, 5.41) is 35.5. The molecule has 1 aliphatic rings. The zero-order valence-corrected chi connectivity index (χ0v) is 21.4. The number of nitriles is 1. The maximum absolute atomic E-state index is 12.8. The molecule has 2 rings (SSSR count). The van der Waals surface area contributed by atoms with Crippen molar-refractivity contribution >= 4 is 11.8 Å². The Kier molecular flexibility index (Phi) is 12.3. The molecule has 1 heterocycles. The van der Waals surface area contributed by atoms with E-state index in [1.54, 1.807) is 6.08 Å². The molecule has 0 fully saturated rings. The average Bonchev–Trinajstić information content (AvgIpc) is 2.92. The summed E-state index contributed by atoms with van der Waals surface area (Å²) in [5.74, 6) is -1.37. The monoisotopic (exact) mass is 496 g/mol. The summed E-state index contributed by atoms with van der Waals surface area (Å²) in [6.07, 6.45) is 7.45. The molecule has 2 atom stereocenters. The maximum Gasteiger partial charge on any atom is 0.255 e. The van der Waals surface area contributed by atoms with E-state index in [2.05, 4.69) is 30.6 Å². The summed E-state index contributed by atoms with van der Waals surface area (Å²) in [4.78, 5) is 26.9. The molecule has 0 saturated carbocycles. The summed E-state index contributed by atoms with van der Waals surface area (Å²) in [7, 11) is 0. The molecule has 0 spiro atoms. The van der Waals surface area contributed by atoms with Gasteiger partial charge in [0.2, 0.25) is 0 Å². The van der Waals surface area contributed by atoms with Gasteiger partial charge in [0.15, 0.2) is 12.2 Å². The number of benzene rings is 1. The van der Waals surface area contributed by atoms with Crippen molar-refractivity contribution < 1.29 is 19.8 Å². The van der Waals surface area contributed by atoms with Crippen LogP contribution < -0.4 is 10.6 Å². The van der Waals surface area contributed by atoms with E-state index in [-0.39, 0.29) is 5.41 Å². The predicted octanol–water partition coefficient (Wildman–Crippen LogP) is 2.22. The lowest BCUT2D eigenvalue weighted by Gasteiger charge is -2.33. The van der Waals surface area contributed by atoms with Crippen molar-refractivity contribution in [1.29, 1.82) is 5.26 Å². The molecule has 8 nitrogen and oxygen atoms in total. The number of rotatable bonds is 14. The molecule has 1 aromatic carbocycles. The largest absolute Gasteiger partial charge is 0.380 e. The highest BCUT2D eigenvalue weighted by molar-refractivity contribution is 5.90. The van der Waals surface area contributed by atoms with Gasteiger partial charge < -0.3 is 25.7 Å². The van der Waals surface area contributed by atoms with Gasteiger partial charge in [-0.05, 0) is 48.8 Å². The molecule has 1 aromatic rings. The zero-order valence-electron chi connectivity index (χ0n) is 21.4. The van der Waals surface area contributed by atoms with Gasteiger partial charge in [-0.1, -0.05) is 62.4 Å². The van der Waals surface area contributed by atoms with Crippen molar-refractivity contribution in [2.24, 2.45) is 5.41 Å². The van der Waals surface area contributed by atoms with Crippen molar-refractivity contribution in [2.75, 3.05) is 26.2 Å². The molecule has 2 amide bonds. The predicted molar refractivity (Wildman–Crippen MR) is 140 cm³/mol. The van der Waals surface area contributed by atoms with E-state index in [9.17, 15) is 19.8 Å². The van der Waals surface area contributed by atoms with Gasteiger partial charge in [0.25, 0.3) is 11.8 Å². The van der Waals surface area contributed by atoms with Crippen LogP contribution in [-0.4, -0.2) is 65.3 Å². The number of carbonyl (C=O) groups is 2. The fraction of sp³-hybridized carbons (Fsp3) is 0.536. The minimum absolute atomic E-state index is 0.162. The Morgan fingerprint density at radius 1 is 1.14 bits per heavy atom. The summed E-state index contributed by atoms with van der Waals surface area (Å²) in [5.41, 5.74) is 2.02. The summed E-state index contributed by atoms with van der Waals surface area (Å²) in [6.45, 7) is 6.73. The van der Waals surface area contributed by atoms with Crippen molar-refractivity contribution in [2.45, 2.75) is 64.7 Å².